The number of anilines is 1. The number of nitrogens with zero attached hydrogens (tertiary/aromatic N) is 1. The minimum atomic E-state index is -2.83. The van der Waals surface area contributed by atoms with Crippen LogP contribution < -0.4 is 10.2 Å². The topological polar surface area (TPSA) is 33.6 Å². The normalized spacial score (nSPS) is 11.0. The summed E-state index contributed by atoms with van der Waals surface area (Å²) < 4.78 is 28.5. The number of ether oxygens (including phenoxy) is 1. The van der Waals surface area contributed by atoms with Crippen molar-refractivity contribution in [3.8, 4) is 5.75 Å². The summed E-state index contributed by atoms with van der Waals surface area (Å²) in [7, 11) is 0. The average Bonchev–Trinajstić information content (AvgIpc) is 2.41. The fourth-order valence-corrected chi connectivity index (χ4v) is 1.58. The van der Waals surface area contributed by atoms with E-state index < -0.39 is 6.61 Å². The van der Waals surface area contributed by atoms with Gasteiger partial charge in [0.25, 0.3) is 0 Å². The van der Waals surface area contributed by atoms with Gasteiger partial charge in [0.15, 0.2) is 0 Å². The van der Waals surface area contributed by atoms with Crippen LogP contribution in [0.2, 0.25) is 0 Å². The Labute approximate surface area is 115 Å². The van der Waals surface area contributed by atoms with E-state index in [0.29, 0.717) is 5.56 Å². The number of rotatable bonds is 5. The van der Waals surface area contributed by atoms with Crippen LogP contribution in [0, 0.1) is 6.92 Å². The molecule has 0 unspecified atom stereocenters. The van der Waals surface area contributed by atoms with Crippen molar-refractivity contribution < 1.29 is 13.5 Å². The quantitative estimate of drug-likeness (QED) is 0.660. The van der Waals surface area contributed by atoms with E-state index in [1.54, 1.807) is 12.1 Å². The molecule has 0 aliphatic heterocycles. The van der Waals surface area contributed by atoms with Crippen molar-refractivity contribution in [3.05, 3.63) is 59.7 Å². The Kier molecular flexibility index (Phi) is 4.65. The van der Waals surface area contributed by atoms with Gasteiger partial charge in [-0.15, -0.1) is 0 Å². The highest BCUT2D eigenvalue weighted by atomic mass is 19.3. The van der Waals surface area contributed by atoms with Crippen LogP contribution in [0.15, 0.2) is 53.6 Å². The van der Waals surface area contributed by atoms with Gasteiger partial charge in [-0.05, 0) is 36.8 Å². The van der Waals surface area contributed by atoms with E-state index in [4.69, 9.17) is 0 Å². The Morgan fingerprint density at radius 2 is 1.90 bits per heavy atom. The van der Waals surface area contributed by atoms with Gasteiger partial charge in [0.05, 0.1) is 11.9 Å². The molecule has 2 rings (SSSR count). The van der Waals surface area contributed by atoms with E-state index in [1.165, 1.54) is 18.3 Å². The second-order valence-electron chi connectivity index (χ2n) is 4.19. The van der Waals surface area contributed by atoms with E-state index >= 15 is 0 Å². The lowest BCUT2D eigenvalue weighted by molar-refractivity contribution is -0.0498. The highest BCUT2D eigenvalue weighted by Gasteiger charge is 2.03. The van der Waals surface area contributed by atoms with Crippen LogP contribution >= 0.6 is 0 Å². The molecule has 0 amide bonds. The van der Waals surface area contributed by atoms with E-state index in [2.05, 4.69) is 15.3 Å². The standard InChI is InChI=1S/C15H14F2N2O/c1-11-5-7-13(8-6-11)19-18-10-12-3-2-4-14(9-12)20-15(16)17/h2-10,15,19H,1H3/b18-10-. The Morgan fingerprint density at radius 1 is 1.15 bits per heavy atom. The Hall–Kier alpha value is -2.43. The molecule has 0 aliphatic carbocycles. The SMILES string of the molecule is Cc1ccc(N/N=C\c2cccc(OC(F)F)c2)cc1. The molecule has 2 aromatic carbocycles. The summed E-state index contributed by atoms with van der Waals surface area (Å²) in [6.45, 7) is -0.825. The summed E-state index contributed by atoms with van der Waals surface area (Å²) >= 11 is 0. The van der Waals surface area contributed by atoms with Gasteiger partial charge in [-0.1, -0.05) is 29.8 Å². The summed E-state index contributed by atoms with van der Waals surface area (Å²) in [5.41, 5.74) is 5.55. The molecule has 0 fully saturated rings. The number of aryl methyl sites for hydroxylation is 1. The Bertz CT molecular complexity index is 583. The molecule has 3 nitrogen and oxygen atoms in total. The zero-order valence-electron chi connectivity index (χ0n) is 10.9. The lowest BCUT2D eigenvalue weighted by Crippen LogP contribution is -2.02. The van der Waals surface area contributed by atoms with Gasteiger partial charge in [-0.3, -0.25) is 5.43 Å². The predicted molar refractivity (Wildman–Crippen MR) is 75.5 cm³/mol. The average molecular weight is 276 g/mol. The summed E-state index contributed by atoms with van der Waals surface area (Å²) in [5, 5.41) is 4.04. The summed E-state index contributed by atoms with van der Waals surface area (Å²) in [6.07, 6.45) is 1.54. The van der Waals surface area contributed by atoms with Crippen LogP contribution in [0.3, 0.4) is 0 Å². The van der Waals surface area contributed by atoms with Crippen LogP contribution in [0.5, 0.6) is 5.75 Å². The van der Waals surface area contributed by atoms with E-state index in [9.17, 15) is 8.78 Å². The van der Waals surface area contributed by atoms with E-state index in [-0.39, 0.29) is 5.75 Å². The van der Waals surface area contributed by atoms with Crippen molar-refractivity contribution in [1.29, 1.82) is 0 Å². The molecule has 0 aliphatic rings. The first-order valence-electron chi connectivity index (χ1n) is 6.04. The van der Waals surface area contributed by atoms with Crippen LogP contribution in [-0.4, -0.2) is 12.8 Å². The third kappa shape index (κ3) is 4.35. The second-order valence-corrected chi connectivity index (χ2v) is 4.19. The predicted octanol–water partition coefficient (Wildman–Crippen LogP) is 4.04. The maximum Gasteiger partial charge on any atom is 0.387 e. The Morgan fingerprint density at radius 3 is 2.60 bits per heavy atom. The minimum Gasteiger partial charge on any atom is -0.435 e. The van der Waals surface area contributed by atoms with Gasteiger partial charge in [0.1, 0.15) is 5.75 Å². The summed E-state index contributed by atoms with van der Waals surface area (Å²) in [5.74, 6) is 0.110. The molecule has 0 bridgehead atoms. The van der Waals surface area contributed by atoms with Gasteiger partial charge in [-0.2, -0.15) is 13.9 Å². The molecule has 0 atom stereocenters. The van der Waals surface area contributed by atoms with Gasteiger partial charge in [-0.25, -0.2) is 0 Å². The minimum absolute atomic E-state index is 0.110. The molecule has 0 heterocycles. The van der Waals surface area contributed by atoms with Crippen molar-refractivity contribution in [3.63, 3.8) is 0 Å². The highest BCUT2D eigenvalue weighted by molar-refractivity contribution is 5.80. The van der Waals surface area contributed by atoms with Crippen molar-refractivity contribution in [1.82, 2.24) is 0 Å². The molecular weight excluding hydrogens is 262 g/mol. The fourth-order valence-electron chi connectivity index (χ4n) is 1.58. The van der Waals surface area contributed by atoms with Crippen LogP contribution in [-0.2, 0) is 0 Å². The van der Waals surface area contributed by atoms with Crippen LogP contribution in [0.25, 0.3) is 0 Å². The Balaban J connectivity index is 1.98. The zero-order chi connectivity index (χ0) is 14.4. The third-order valence-electron chi connectivity index (χ3n) is 2.54. The maximum absolute atomic E-state index is 12.1. The monoisotopic (exact) mass is 276 g/mol. The molecule has 2 aromatic rings. The van der Waals surface area contributed by atoms with E-state index in [0.717, 1.165) is 11.3 Å². The molecule has 0 spiro atoms. The van der Waals surface area contributed by atoms with Crippen LogP contribution in [0.4, 0.5) is 14.5 Å². The smallest absolute Gasteiger partial charge is 0.387 e. The second kappa shape index (κ2) is 6.65. The van der Waals surface area contributed by atoms with Gasteiger partial charge >= 0.3 is 6.61 Å². The molecule has 104 valence electrons. The highest BCUT2D eigenvalue weighted by Crippen LogP contribution is 2.15. The van der Waals surface area contributed by atoms with Gasteiger partial charge in [0, 0.05) is 0 Å². The first-order valence-corrected chi connectivity index (χ1v) is 6.04. The first-order chi connectivity index (χ1) is 9.63. The first kappa shape index (κ1) is 14.0. The fraction of sp³-hybridized carbons (Fsp3) is 0.133. The molecule has 20 heavy (non-hydrogen) atoms. The molecule has 1 N–H and O–H groups in total. The maximum atomic E-state index is 12.1. The third-order valence-corrected chi connectivity index (χ3v) is 2.54. The molecule has 0 saturated carbocycles. The lowest BCUT2D eigenvalue weighted by atomic mass is 10.2. The number of benzene rings is 2. The number of alkyl halides is 2. The molecule has 0 radical (unpaired) electrons. The van der Waals surface area contributed by atoms with Crippen molar-refractivity contribution in [2.45, 2.75) is 13.5 Å². The molecule has 5 heteroatoms. The van der Waals surface area contributed by atoms with Crippen molar-refractivity contribution in [2.24, 2.45) is 5.10 Å². The number of nitrogens with one attached hydrogen (secondary N) is 1. The molecule has 0 saturated heterocycles. The van der Waals surface area contributed by atoms with Gasteiger partial charge < -0.3 is 4.74 Å². The lowest BCUT2D eigenvalue weighted by Gasteiger charge is -2.04. The van der Waals surface area contributed by atoms with Gasteiger partial charge in [0.2, 0.25) is 0 Å². The number of halogens is 2. The summed E-state index contributed by atoms with van der Waals surface area (Å²) in [4.78, 5) is 0. The number of hydrogen-bond donors (Lipinski definition) is 1. The summed E-state index contributed by atoms with van der Waals surface area (Å²) in [6, 6.07) is 14.1. The number of hydrazone groups is 1. The van der Waals surface area contributed by atoms with E-state index in [1.807, 2.05) is 31.2 Å². The largest absolute Gasteiger partial charge is 0.435 e. The van der Waals surface area contributed by atoms with Crippen molar-refractivity contribution >= 4 is 11.9 Å². The van der Waals surface area contributed by atoms with Crippen molar-refractivity contribution in [2.75, 3.05) is 5.43 Å². The number of hydrogen-bond acceptors (Lipinski definition) is 3. The molecular formula is C15H14F2N2O. The van der Waals surface area contributed by atoms with Crippen LogP contribution in [0.1, 0.15) is 11.1 Å². The molecule has 0 aromatic heterocycles. The zero-order valence-corrected chi connectivity index (χ0v) is 10.9.